The van der Waals surface area contributed by atoms with Gasteiger partial charge in [-0.2, -0.15) is 0 Å². The van der Waals surface area contributed by atoms with E-state index in [2.05, 4.69) is 16.7 Å². The van der Waals surface area contributed by atoms with Crippen LogP contribution in [0.2, 0.25) is 5.02 Å². The van der Waals surface area contributed by atoms with Gasteiger partial charge in [0, 0.05) is 36.4 Å². The molecule has 5 nitrogen and oxygen atoms in total. The van der Waals surface area contributed by atoms with E-state index in [1.807, 2.05) is 37.8 Å². The predicted octanol–water partition coefficient (Wildman–Crippen LogP) is 5.51. The molecule has 2 aliphatic heterocycles. The number of anilines is 1. The van der Waals surface area contributed by atoms with Crippen LogP contribution in [-0.2, 0) is 4.74 Å². The fourth-order valence-electron chi connectivity index (χ4n) is 4.32. The summed E-state index contributed by atoms with van der Waals surface area (Å²) in [7, 11) is 0. The summed E-state index contributed by atoms with van der Waals surface area (Å²) in [5.41, 5.74) is 1.32. The summed E-state index contributed by atoms with van der Waals surface area (Å²) < 4.78 is 5.52. The summed E-state index contributed by atoms with van der Waals surface area (Å²) >= 11 is 6.24. The number of amides is 1. The van der Waals surface area contributed by atoms with Crippen LogP contribution in [0.3, 0.4) is 0 Å². The van der Waals surface area contributed by atoms with E-state index in [1.54, 1.807) is 6.07 Å². The maximum absolute atomic E-state index is 12.3. The molecule has 146 valence electrons. The van der Waals surface area contributed by atoms with Gasteiger partial charge in [0.05, 0.1) is 6.57 Å². The van der Waals surface area contributed by atoms with Crippen LogP contribution in [0.1, 0.15) is 47.0 Å². The van der Waals surface area contributed by atoms with Crippen LogP contribution >= 0.6 is 11.6 Å². The monoisotopic (exact) mass is 389 g/mol. The third kappa shape index (κ3) is 4.01. The van der Waals surface area contributed by atoms with Crippen LogP contribution in [0, 0.1) is 12.0 Å². The fraction of sp³-hybridized carbons (Fsp3) is 0.619. The molecule has 6 heteroatoms. The zero-order valence-electron chi connectivity index (χ0n) is 16.6. The van der Waals surface area contributed by atoms with Crippen molar-refractivity contribution in [3.8, 4) is 0 Å². The molecule has 0 bridgehead atoms. The smallest absolute Gasteiger partial charge is 0.410 e. The molecule has 1 unspecified atom stereocenters. The van der Waals surface area contributed by atoms with Gasteiger partial charge in [-0.1, -0.05) is 17.7 Å². The van der Waals surface area contributed by atoms with Crippen LogP contribution in [0.5, 0.6) is 0 Å². The van der Waals surface area contributed by atoms with E-state index < -0.39 is 5.60 Å². The number of ether oxygens (including phenoxy) is 1. The lowest BCUT2D eigenvalue weighted by atomic mass is 9.73. The first-order valence-corrected chi connectivity index (χ1v) is 9.95. The van der Waals surface area contributed by atoms with Crippen molar-refractivity contribution in [1.29, 1.82) is 0 Å². The molecule has 1 atom stereocenters. The van der Waals surface area contributed by atoms with Crippen molar-refractivity contribution in [2.75, 3.05) is 24.5 Å². The minimum absolute atomic E-state index is 0.207. The normalized spacial score (nSPS) is 22.0. The Morgan fingerprint density at radius 1 is 1.26 bits per heavy atom. The topological polar surface area (TPSA) is 37.1 Å². The molecule has 1 amide bonds. The van der Waals surface area contributed by atoms with Crippen LogP contribution in [0.15, 0.2) is 18.2 Å². The second kappa shape index (κ2) is 7.24. The number of nitrogens with zero attached hydrogens (tertiary/aromatic N) is 3. The van der Waals surface area contributed by atoms with Gasteiger partial charge >= 0.3 is 6.09 Å². The van der Waals surface area contributed by atoms with Crippen molar-refractivity contribution in [2.45, 2.75) is 58.6 Å². The summed E-state index contributed by atoms with van der Waals surface area (Å²) in [6.45, 7) is 17.6. The molecule has 0 radical (unpaired) electrons. The number of carbonyl (C=O) groups excluding carboxylic acids is 1. The van der Waals surface area contributed by atoms with E-state index >= 15 is 0 Å². The summed E-state index contributed by atoms with van der Waals surface area (Å²) in [6.07, 6.45) is 2.87. The zero-order valence-corrected chi connectivity index (χ0v) is 17.3. The van der Waals surface area contributed by atoms with Crippen LogP contribution in [0.4, 0.5) is 16.2 Å². The van der Waals surface area contributed by atoms with Crippen LogP contribution in [-0.4, -0.2) is 42.3 Å². The van der Waals surface area contributed by atoms with E-state index in [0.717, 1.165) is 44.6 Å². The second-order valence-electron chi connectivity index (χ2n) is 8.70. The summed E-state index contributed by atoms with van der Waals surface area (Å²) in [5.74, 6) is 0. The Bertz CT molecular complexity index is 758. The molecule has 2 aliphatic rings. The Balaban J connectivity index is 1.67. The van der Waals surface area contributed by atoms with Crippen molar-refractivity contribution in [2.24, 2.45) is 5.41 Å². The molecule has 2 fully saturated rings. The van der Waals surface area contributed by atoms with E-state index in [9.17, 15) is 4.79 Å². The first kappa shape index (κ1) is 19.8. The Morgan fingerprint density at radius 2 is 1.89 bits per heavy atom. The average molecular weight is 390 g/mol. The van der Waals surface area contributed by atoms with Gasteiger partial charge in [0.1, 0.15) is 5.60 Å². The van der Waals surface area contributed by atoms with Gasteiger partial charge < -0.3 is 14.5 Å². The highest BCUT2D eigenvalue weighted by atomic mass is 35.5. The number of hydrogen-bond donors (Lipinski definition) is 0. The lowest BCUT2D eigenvalue weighted by Gasteiger charge is -2.43. The molecule has 0 aliphatic carbocycles. The van der Waals surface area contributed by atoms with E-state index in [1.165, 1.54) is 0 Å². The minimum Gasteiger partial charge on any atom is -0.444 e. The number of carbonyl (C=O) groups is 1. The van der Waals surface area contributed by atoms with E-state index in [4.69, 9.17) is 22.9 Å². The number of likely N-dealkylation sites (tertiary alicyclic amines) is 1. The third-order valence-corrected chi connectivity index (χ3v) is 6.30. The molecule has 3 rings (SSSR count). The molecule has 2 heterocycles. The Kier molecular flexibility index (Phi) is 5.31. The van der Waals surface area contributed by atoms with Crippen molar-refractivity contribution in [3.63, 3.8) is 0 Å². The standard InChI is InChI=1S/C21H28ClN3O2/c1-15-21(8-11-24(12-9-21)19(26)27-20(2,3)4)10-13-25(15)16-6-7-18(23-5)17(22)14-16/h6-7,14-15H,8-13H2,1-4H3. The lowest BCUT2D eigenvalue weighted by molar-refractivity contribution is 0.00944. The number of halogens is 1. The molecular formula is C21H28ClN3O2. The SMILES string of the molecule is [C-]#[N+]c1ccc(N2CCC3(CCN(C(=O)OC(C)(C)C)CC3)C2C)cc1Cl. The quantitative estimate of drug-likeness (QED) is 0.594. The molecule has 0 saturated carbocycles. The number of hydrogen-bond acceptors (Lipinski definition) is 3. The molecule has 1 aromatic carbocycles. The maximum atomic E-state index is 12.3. The van der Waals surface area contributed by atoms with Gasteiger partial charge in [-0.05, 0) is 64.5 Å². The Labute approximate surface area is 167 Å². The van der Waals surface area contributed by atoms with Crippen molar-refractivity contribution in [1.82, 2.24) is 4.90 Å². The van der Waals surface area contributed by atoms with Gasteiger partial charge in [-0.15, -0.1) is 0 Å². The highest BCUT2D eigenvalue weighted by Crippen LogP contribution is 2.47. The van der Waals surface area contributed by atoms with Crippen molar-refractivity contribution < 1.29 is 9.53 Å². The van der Waals surface area contributed by atoms with E-state index in [0.29, 0.717) is 16.8 Å². The minimum atomic E-state index is -0.458. The van der Waals surface area contributed by atoms with Gasteiger partial charge in [0.15, 0.2) is 0 Å². The molecule has 0 N–H and O–H groups in total. The summed E-state index contributed by atoms with van der Waals surface area (Å²) in [5, 5.41) is 0.510. The zero-order chi connectivity index (χ0) is 19.8. The average Bonchev–Trinajstić information content (AvgIpc) is 2.90. The molecule has 2 saturated heterocycles. The molecule has 1 spiro atoms. The van der Waals surface area contributed by atoms with Crippen molar-refractivity contribution >= 4 is 29.1 Å². The highest BCUT2D eigenvalue weighted by molar-refractivity contribution is 6.33. The van der Waals surface area contributed by atoms with Crippen LogP contribution in [0.25, 0.3) is 4.85 Å². The van der Waals surface area contributed by atoms with Gasteiger partial charge in [-0.3, -0.25) is 0 Å². The first-order chi connectivity index (χ1) is 12.6. The van der Waals surface area contributed by atoms with Gasteiger partial charge in [0.2, 0.25) is 5.69 Å². The molecule has 0 aromatic heterocycles. The summed E-state index contributed by atoms with van der Waals surface area (Å²) in [6, 6.07) is 6.06. The largest absolute Gasteiger partial charge is 0.444 e. The van der Waals surface area contributed by atoms with Crippen LogP contribution < -0.4 is 4.90 Å². The van der Waals surface area contributed by atoms with E-state index in [-0.39, 0.29) is 11.5 Å². The molecule has 1 aromatic rings. The Morgan fingerprint density at radius 3 is 2.44 bits per heavy atom. The van der Waals surface area contributed by atoms with Gasteiger partial charge in [-0.25, -0.2) is 9.64 Å². The number of benzene rings is 1. The summed E-state index contributed by atoms with van der Waals surface area (Å²) in [4.78, 5) is 20.0. The fourth-order valence-corrected chi connectivity index (χ4v) is 4.54. The maximum Gasteiger partial charge on any atom is 0.410 e. The highest BCUT2D eigenvalue weighted by Gasteiger charge is 2.47. The molecular weight excluding hydrogens is 362 g/mol. The Hall–Kier alpha value is -1.93. The van der Waals surface area contributed by atoms with Crippen molar-refractivity contribution in [3.05, 3.63) is 34.6 Å². The predicted molar refractivity (Wildman–Crippen MR) is 109 cm³/mol. The third-order valence-electron chi connectivity index (χ3n) is 6.00. The molecule has 27 heavy (non-hydrogen) atoms. The second-order valence-corrected chi connectivity index (χ2v) is 9.10. The van der Waals surface area contributed by atoms with Gasteiger partial charge in [0.25, 0.3) is 0 Å². The lowest BCUT2D eigenvalue weighted by Crippen LogP contribution is -2.48. The number of piperidine rings is 1. The number of rotatable bonds is 1. The first-order valence-electron chi connectivity index (χ1n) is 9.57.